The first-order valence-corrected chi connectivity index (χ1v) is 13.2. The highest BCUT2D eigenvalue weighted by Gasteiger charge is 2.33. The zero-order chi connectivity index (χ0) is 24.9. The number of likely N-dealkylation sites (tertiary alicyclic amines) is 1. The van der Waals surface area contributed by atoms with Gasteiger partial charge >= 0.3 is 0 Å². The third-order valence-electron chi connectivity index (χ3n) is 7.23. The molecule has 2 aromatic rings. The van der Waals surface area contributed by atoms with E-state index < -0.39 is 11.2 Å². The minimum Gasteiger partial charge on any atom is -0.368 e. The number of hydrogen-bond acceptors (Lipinski definition) is 6. The summed E-state index contributed by atoms with van der Waals surface area (Å²) in [5.41, 5.74) is 8.06. The number of anilines is 1. The van der Waals surface area contributed by atoms with Crippen LogP contribution in [0.5, 0.6) is 0 Å². The number of aromatic nitrogens is 1. The Morgan fingerprint density at radius 3 is 2.54 bits per heavy atom. The van der Waals surface area contributed by atoms with E-state index in [9.17, 15) is 10.1 Å². The molecule has 0 radical (unpaired) electrons. The highest BCUT2D eigenvalue weighted by Crippen LogP contribution is 2.43. The lowest BCUT2D eigenvalue weighted by molar-refractivity contribution is -0.117. The van der Waals surface area contributed by atoms with Crippen molar-refractivity contribution in [1.82, 2.24) is 9.88 Å². The summed E-state index contributed by atoms with van der Waals surface area (Å²) in [7, 11) is 0. The standard InChI is InChI=1S/C27H32N6OS/c1-4-21-22(17-28)27(35-24(25(29)34)19-10-6-5-7-11-19)31-26(23(21)30-3)32-15-12-20(13-16-32)33-14-8-9-18(33)2/h5-7,10-11,18,20,24H,4,8-9,12-16H2,1-2H3,(H2,29,34)/t18-,24?/m0/s1. The van der Waals surface area contributed by atoms with Crippen LogP contribution in [0.25, 0.3) is 4.85 Å². The molecule has 1 unspecified atom stereocenters. The lowest BCUT2D eigenvalue weighted by atomic mass is 10.0. The SMILES string of the molecule is [C-]#[N+]c1c(N2CCC(N3CCC[C@@H]3C)CC2)nc(SC(C(N)=O)c2ccccc2)c(C#N)c1CC. The summed E-state index contributed by atoms with van der Waals surface area (Å²) in [5, 5.41) is 9.81. The molecule has 1 aromatic heterocycles. The van der Waals surface area contributed by atoms with Gasteiger partial charge in [0.05, 0.1) is 12.1 Å². The summed E-state index contributed by atoms with van der Waals surface area (Å²) < 4.78 is 0. The number of nitriles is 1. The van der Waals surface area contributed by atoms with Crippen molar-refractivity contribution >= 4 is 29.2 Å². The summed E-state index contributed by atoms with van der Waals surface area (Å²) in [6.07, 6.45) is 5.13. The lowest BCUT2D eigenvalue weighted by Crippen LogP contribution is -2.46. The number of carbonyl (C=O) groups is 1. The van der Waals surface area contributed by atoms with Gasteiger partial charge in [-0.3, -0.25) is 9.69 Å². The molecule has 1 amide bonds. The van der Waals surface area contributed by atoms with Crippen molar-refractivity contribution in [2.75, 3.05) is 24.5 Å². The zero-order valence-corrected chi connectivity index (χ0v) is 21.2. The van der Waals surface area contributed by atoms with Gasteiger partial charge in [-0.15, -0.1) is 0 Å². The summed E-state index contributed by atoms with van der Waals surface area (Å²) >= 11 is 1.20. The fourth-order valence-corrected chi connectivity index (χ4v) is 6.47. The average molecular weight is 489 g/mol. The monoisotopic (exact) mass is 488 g/mol. The van der Waals surface area contributed by atoms with Crippen LogP contribution in [0.2, 0.25) is 0 Å². The van der Waals surface area contributed by atoms with Crippen molar-refractivity contribution in [3.63, 3.8) is 0 Å². The molecule has 1 aromatic carbocycles. The van der Waals surface area contributed by atoms with Gasteiger partial charge in [-0.1, -0.05) is 49.0 Å². The normalized spacial score (nSPS) is 19.8. The van der Waals surface area contributed by atoms with E-state index in [4.69, 9.17) is 17.3 Å². The molecule has 2 saturated heterocycles. The third-order valence-corrected chi connectivity index (χ3v) is 8.48. The summed E-state index contributed by atoms with van der Waals surface area (Å²) in [5.74, 6) is 0.142. The van der Waals surface area contributed by atoms with Crippen molar-refractivity contribution in [2.45, 2.75) is 68.3 Å². The van der Waals surface area contributed by atoms with E-state index in [1.807, 2.05) is 37.3 Å². The van der Waals surface area contributed by atoms with Crippen LogP contribution < -0.4 is 10.6 Å². The number of pyridine rings is 1. The summed E-state index contributed by atoms with van der Waals surface area (Å²) in [4.78, 5) is 25.9. The predicted molar refractivity (Wildman–Crippen MR) is 139 cm³/mol. The Balaban J connectivity index is 1.68. The van der Waals surface area contributed by atoms with Crippen molar-refractivity contribution in [1.29, 1.82) is 5.26 Å². The topological polar surface area (TPSA) is 90.6 Å². The second-order valence-corrected chi connectivity index (χ2v) is 10.4. The van der Waals surface area contributed by atoms with Crippen LogP contribution in [0.15, 0.2) is 35.4 Å². The largest absolute Gasteiger partial charge is 0.368 e. The molecule has 7 nitrogen and oxygen atoms in total. The molecule has 35 heavy (non-hydrogen) atoms. The fourth-order valence-electron chi connectivity index (χ4n) is 5.41. The van der Waals surface area contributed by atoms with Gasteiger partial charge in [0.25, 0.3) is 0 Å². The number of amides is 1. The number of rotatable bonds is 7. The molecule has 2 fully saturated rings. The summed E-state index contributed by atoms with van der Waals surface area (Å²) in [6.45, 7) is 15.0. The molecule has 182 valence electrons. The Morgan fingerprint density at radius 2 is 2.00 bits per heavy atom. The Bertz CT molecular complexity index is 1150. The molecule has 4 rings (SSSR count). The minimum absolute atomic E-state index is 0.371. The maximum Gasteiger partial charge on any atom is 0.235 e. The second-order valence-electron chi connectivity index (χ2n) is 9.28. The van der Waals surface area contributed by atoms with E-state index in [0.29, 0.717) is 46.2 Å². The van der Waals surface area contributed by atoms with Crippen LogP contribution in [-0.2, 0) is 11.2 Å². The minimum atomic E-state index is -0.672. The molecule has 3 heterocycles. The summed E-state index contributed by atoms with van der Waals surface area (Å²) in [6, 6.07) is 12.8. The van der Waals surface area contributed by atoms with E-state index in [-0.39, 0.29) is 0 Å². The van der Waals surface area contributed by atoms with Crippen LogP contribution in [0, 0.1) is 17.9 Å². The number of piperidine rings is 1. The van der Waals surface area contributed by atoms with Gasteiger partial charge in [-0.05, 0) is 56.7 Å². The predicted octanol–water partition coefficient (Wildman–Crippen LogP) is 4.84. The molecular formula is C27H32N6OS. The van der Waals surface area contributed by atoms with Gasteiger partial charge in [0.15, 0.2) is 0 Å². The number of carbonyl (C=O) groups excluding carboxylic acids is 1. The molecule has 8 heteroatoms. The van der Waals surface area contributed by atoms with Crippen molar-refractivity contribution in [3.8, 4) is 6.07 Å². The van der Waals surface area contributed by atoms with Gasteiger partial charge in [-0.2, -0.15) is 5.26 Å². The molecule has 2 atom stereocenters. The highest BCUT2D eigenvalue weighted by atomic mass is 32.2. The third kappa shape index (κ3) is 5.15. The van der Waals surface area contributed by atoms with Gasteiger partial charge in [-0.25, -0.2) is 9.83 Å². The first kappa shape index (κ1) is 25.0. The molecular weight excluding hydrogens is 456 g/mol. The molecule has 2 aliphatic heterocycles. The molecule has 2 aliphatic rings. The van der Waals surface area contributed by atoms with Crippen LogP contribution in [0.3, 0.4) is 0 Å². The maximum atomic E-state index is 12.4. The van der Waals surface area contributed by atoms with E-state index in [2.05, 4.69) is 27.6 Å². The Hall–Kier alpha value is -3.07. The average Bonchev–Trinajstić information content (AvgIpc) is 3.32. The Morgan fingerprint density at radius 1 is 1.29 bits per heavy atom. The van der Waals surface area contributed by atoms with Crippen LogP contribution in [0.1, 0.15) is 61.5 Å². The van der Waals surface area contributed by atoms with Crippen LogP contribution in [-0.4, -0.2) is 47.5 Å². The Labute approximate surface area is 212 Å². The van der Waals surface area contributed by atoms with E-state index in [1.54, 1.807) is 0 Å². The van der Waals surface area contributed by atoms with Crippen molar-refractivity contribution in [3.05, 3.63) is 58.4 Å². The number of thioether (sulfide) groups is 1. The number of benzene rings is 1. The molecule has 2 N–H and O–H groups in total. The highest BCUT2D eigenvalue weighted by molar-refractivity contribution is 8.00. The second kappa shape index (κ2) is 11.1. The first-order chi connectivity index (χ1) is 17.0. The maximum absolute atomic E-state index is 12.4. The van der Waals surface area contributed by atoms with Gasteiger partial charge < -0.3 is 10.6 Å². The molecule has 0 saturated carbocycles. The zero-order valence-electron chi connectivity index (χ0n) is 20.4. The molecule has 0 bridgehead atoms. The van der Waals surface area contributed by atoms with Crippen molar-refractivity contribution in [2.24, 2.45) is 5.73 Å². The quantitative estimate of drug-likeness (QED) is 0.443. The van der Waals surface area contributed by atoms with E-state index in [0.717, 1.165) is 31.5 Å². The lowest BCUT2D eigenvalue weighted by Gasteiger charge is -2.39. The molecule has 0 aliphatic carbocycles. The number of nitrogens with zero attached hydrogens (tertiary/aromatic N) is 5. The number of hydrogen-bond donors (Lipinski definition) is 1. The van der Waals surface area contributed by atoms with E-state index in [1.165, 1.54) is 31.1 Å². The van der Waals surface area contributed by atoms with Crippen LogP contribution in [0.4, 0.5) is 11.5 Å². The number of nitrogens with two attached hydrogens (primary N) is 1. The smallest absolute Gasteiger partial charge is 0.235 e. The van der Waals surface area contributed by atoms with Gasteiger partial charge in [0.1, 0.15) is 22.2 Å². The van der Waals surface area contributed by atoms with Crippen LogP contribution >= 0.6 is 11.8 Å². The Kier molecular flexibility index (Phi) is 7.95. The van der Waals surface area contributed by atoms with Gasteiger partial charge in [0.2, 0.25) is 11.6 Å². The van der Waals surface area contributed by atoms with Gasteiger partial charge in [0, 0.05) is 25.2 Å². The first-order valence-electron chi connectivity index (χ1n) is 12.3. The molecule has 0 spiro atoms. The number of primary amides is 1. The van der Waals surface area contributed by atoms with Crippen molar-refractivity contribution < 1.29 is 4.79 Å². The van der Waals surface area contributed by atoms with E-state index >= 15 is 0 Å². The fraction of sp³-hybridized carbons (Fsp3) is 0.481.